The highest BCUT2D eigenvalue weighted by Gasteiger charge is 2.19. The van der Waals surface area contributed by atoms with Gasteiger partial charge in [0, 0.05) is 19.3 Å². The number of ether oxygens (including phenoxy) is 3. The lowest BCUT2D eigenvalue weighted by atomic mass is 10.1. The Bertz CT molecular complexity index is 1100. The van der Waals surface area contributed by atoms with Gasteiger partial charge in [-0.3, -0.25) is 14.4 Å². The maximum Gasteiger partial charge on any atom is 0.306 e. The summed E-state index contributed by atoms with van der Waals surface area (Å²) in [5.41, 5.74) is 0. The highest BCUT2D eigenvalue weighted by Crippen LogP contribution is 2.13. The summed E-state index contributed by atoms with van der Waals surface area (Å²) < 4.78 is 16.7. The second-order valence-corrected chi connectivity index (χ2v) is 15.4. The van der Waals surface area contributed by atoms with Gasteiger partial charge in [-0.05, 0) is 83.5 Å². The van der Waals surface area contributed by atoms with E-state index < -0.39 is 6.10 Å². The molecule has 0 saturated heterocycles. The highest BCUT2D eigenvalue weighted by molar-refractivity contribution is 5.71. The van der Waals surface area contributed by atoms with Gasteiger partial charge in [0.1, 0.15) is 13.2 Å². The lowest BCUT2D eigenvalue weighted by Crippen LogP contribution is -2.30. The quantitative estimate of drug-likeness (QED) is 0.0202. The van der Waals surface area contributed by atoms with Gasteiger partial charge in [0.15, 0.2) is 6.10 Å². The Hall–Kier alpha value is -3.15. The van der Waals surface area contributed by atoms with Crippen molar-refractivity contribution in [3.05, 3.63) is 72.9 Å². The van der Waals surface area contributed by atoms with E-state index >= 15 is 0 Å². The molecule has 0 bridgehead atoms. The Balaban J connectivity index is 4.42. The number of hydrogen-bond donors (Lipinski definition) is 0. The first-order valence-corrected chi connectivity index (χ1v) is 23.5. The van der Waals surface area contributed by atoms with Crippen molar-refractivity contribution in [2.24, 2.45) is 0 Å². The van der Waals surface area contributed by atoms with Crippen molar-refractivity contribution in [3.63, 3.8) is 0 Å². The van der Waals surface area contributed by atoms with Crippen LogP contribution in [0.4, 0.5) is 0 Å². The van der Waals surface area contributed by atoms with E-state index in [4.69, 9.17) is 14.2 Å². The fourth-order valence-corrected chi connectivity index (χ4v) is 6.20. The van der Waals surface area contributed by atoms with Crippen molar-refractivity contribution in [1.82, 2.24) is 0 Å². The van der Waals surface area contributed by atoms with Gasteiger partial charge in [-0.25, -0.2) is 0 Å². The largest absolute Gasteiger partial charge is 0.462 e. The van der Waals surface area contributed by atoms with Gasteiger partial charge in [0.25, 0.3) is 0 Å². The van der Waals surface area contributed by atoms with Crippen LogP contribution in [0.25, 0.3) is 0 Å². The smallest absolute Gasteiger partial charge is 0.306 e. The normalized spacial score (nSPS) is 12.7. The molecule has 0 aliphatic rings. The molecule has 0 rings (SSSR count). The Morgan fingerprint density at radius 1 is 0.368 bits per heavy atom. The molecular weight excluding hydrogens is 709 g/mol. The van der Waals surface area contributed by atoms with Gasteiger partial charge < -0.3 is 14.2 Å². The molecule has 6 nitrogen and oxygen atoms in total. The molecule has 6 heteroatoms. The number of esters is 3. The number of allylic oxidation sites excluding steroid dienone is 12. The molecule has 0 fully saturated rings. The predicted molar refractivity (Wildman–Crippen MR) is 242 cm³/mol. The van der Waals surface area contributed by atoms with Gasteiger partial charge in [-0.2, -0.15) is 0 Å². The number of unbranched alkanes of at least 4 members (excludes halogenated alkanes) is 21. The first-order valence-electron chi connectivity index (χ1n) is 23.5. The molecular formula is C51H86O6. The van der Waals surface area contributed by atoms with Crippen molar-refractivity contribution in [2.45, 2.75) is 219 Å². The van der Waals surface area contributed by atoms with E-state index in [-0.39, 0.29) is 31.1 Å². The van der Waals surface area contributed by atoms with Crippen LogP contribution in [0.1, 0.15) is 213 Å². The molecule has 0 aromatic carbocycles. The molecule has 0 aromatic heterocycles. The van der Waals surface area contributed by atoms with Crippen LogP contribution < -0.4 is 0 Å². The van der Waals surface area contributed by atoms with E-state index in [1.54, 1.807) is 0 Å². The molecule has 0 aliphatic carbocycles. The van der Waals surface area contributed by atoms with Gasteiger partial charge in [-0.1, -0.05) is 184 Å². The van der Waals surface area contributed by atoms with E-state index in [1.165, 1.54) is 89.9 Å². The Morgan fingerprint density at radius 3 is 1.23 bits per heavy atom. The van der Waals surface area contributed by atoms with Gasteiger partial charge >= 0.3 is 17.9 Å². The van der Waals surface area contributed by atoms with Crippen LogP contribution in [-0.4, -0.2) is 37.2 Å². The fourth-order valence-electron chi connectivity index (χ4n) is 6.20. The lowest BCUT2D eigenvalue weighted by molar-refractivity contribution is -0.167. The Labute approximate surface area is 351 Å². The van der Waals surface area contributed by atoms with Crippen molar-refractivity contribution < 1.29 is 28.6 Å². The summed E-state index contributed by atoms with van der Waals surface area (Å²) in [5, 5.41) is 0. The number of carbonyl (C=O) groups excluding carboxylic acids is 3. The molecule has 57 heavy (non-hydrogen) atoms. The van der Waals surface area contributed by atoms with E-state index in [2.05, 4.69) is 93.7 Å². The van der Waals surface area contributed by atoms with Crippen LogP contribution in [0.3, 0.4) is 0 Å². The third kappa shape index (κ3) is 43.8. The van der Waals surface area contributed by atoms with Crippen molar-refractivity contribution >= 4 is 17.9 Å². The SMILES string of the molecule is CC\C=C/C=C\C=C/CCCCCCCCCC(=O)OCC(COC(=O)CCC/C=C\CCCCCC)OC(=O)CCCCCCCC/C=C\C=C/CCCCC. The van der Waals surface area contributed by atoms with Crippen molar-refractivity contribution in [1.29, 1.82) is 0 Å². The summed E-state index contributed by atoms with van der Waals surface area (Å²) >= 11 is 0. The van der Waals surface area contributed by atoms with Gasteiger partial charge in [0.2, 0.25) is 0 Å². The minimum absolute atomic E-state index is 0.0958. The number of carbonyl (C=O) groups is 3. The Kier molecular flexibility index (Phi) is 43.0. The first kappa shape index (κ1) is 53.9. The van der Waals surface area contributed by atoms with Crippen molar-refractivity contribution in [2.75, 3.05) is 13.2 Å². The van der Waals surface area contributed by atoms with Crippen LogP contribution in [-0.2, 0) is 28.6 Å². The van der Waals surface area contributed by atoms with Crippen LogP contribution in [0.2, 0.25) is 0 Å². The molecule has 1 unspecified atom stereocenters. The monoisotopic (exact) mass is 795 g/mol. The summed E-state index contributed by atoms with van der Waals surface area (Å²) in [5.74, 6) is -0.960. The highest BCUT2D eigenvalue weighted by atomic mass is 16.6. The maximum atomic E-state index is 12.7. The molecule has 326 valence electrons. The molecule has 0 amide bonds. The second kappa shape index (κ2) is 45.6. The molecule has 0 N–H and O–H groups in total. The molecule has 0 spiro atoms. The minimum atomic E-state index is -0.795. The van der Waals surface area contributed by atoms with Crippen molar-refractivity contribution in [3.8, 4) is 0 Å². The topological polar surface area (TPSA) is 78.9 Å². The summed E-state index contributed by atoms with van der Waals surface area (Å²) in [6.07, 6.45) is 56.0. The van der Waals surface area contributed by atoms with Crippen LogP contribution in [0.15, 0.2) is 72.9 Å². The predicted octanol–water partition coefficient (Wildman–Crippen LogP) is 15.1. The van der Waals surface area contributed by atoms with E-state index in [9.17, 15) is 14.4 Å². The zero-order valence-corrected chi connectivity index (χ0v) is 37.1. The molecule has 0 aliphatic heterocycles. The van der Waals surface area contributed by atoms with Crippen LogP contribution >= 0.6 is 0 Å². The number of rotatable bonds is 41. The molecule has 0 radical (unpaired) electrons. The van der Waals surface area contributed by atoms with E-state index in [0.717, 1.165) is 77.0 Å². The summed E-state index contributed by atoms with van der Waals surface area (Å²) in [7, 11) is 0. The first-order chi connectivity index (χ1) is 28.0. The maximum absolute atomic E-state index is 12.7. The zero-order valence-electron chi connectivity index (χ0n) is 37.1. The number of hydrogen-bond acceptors (Lipinski definition) is 6. The third-order valence-electron chi connectivity index (χ3n) is 9.75. The molecule has 0 heterocycles. The van der Waals surface area contributed by atoms with Crippen LogP contribution in [0, 0.1) is 0 Å². The zero-order chi connectivity index (χ0) is 41.5. The average molecular weight is 795 g/mol. The van der Waals surface area contributed by atoms with Gasteiger partial charge in [0.05, 0.1) is 0 Å². The lowest BCUT2D eigenvalue weighted by Gasteiger charge is -2.18. The summed E-state index contributed by atoms with van der Waals surface area (Å²) in [4.78, 5) is 37.7. The fraction of sp³-hybridized carbons (Fsp3) is 0.706. The minimum Gasteiger partial charge on any atom is -0.462 e. The van der Waals surface area contributed by atoms with E-state index in [0.29, 0.717) is 25.7 Å². The average Bonchev–Trinajstić information content (AvgIpc) is 3.21. The summed E-state index contributed by atoms with van der Waals surface area (Å²) in [6.45, 7) is 6.38. The molecule has 0 saturated carbocycles. The molecule has 1 atom stereocenters. The van der Waals surface area contributed by atoms with Gasteiger partial charge in [-0.15, -0.1) is 0 Å². The standard InChI is InChI=1S/C51H86O6/c1-4-7-10-13-16-19-21-23-25-27-29-32-35-38-41-44-50(53)56-47-48(46-55-49(52)43-40-37-34-31-18-15-12-9-6-3)57-51(54)45-42-39-36-33-30-28-26-24-22-20-17-14-11-8-5-2/h7,10,13,16-17,19-22,24,31,34,48H,4-6,8-9,11-12,14-15,18,23,25-30,32-33,35-47H2,1-3H3/b10-7-,16-13-,20-17-,21-19-,24-22-,34-31-. The van der Waals surface area contributed by atoms with Crippen LogP contribution in [0.5, 0.6) is 0 Å². The Morgan fingerprint density at radius 2 is 0.719 bits per heavy atom. The summed E-state index contributed by atoms with van der Waals surface area (Å²) in [6, 6.07) is 0. The second-order valence-electron chi connectivity index (χ2n) is 15.4. The third-order valence-corrected chi connectivity index (χ3v) is 9.75. The molecule has 0 aromatic rings. The van der Waals surface area contributed by atoms with E-state index in [1.807, 2.05) is 0 Å².